The van der Waals surface area contributed by atoms with Gasteiger partial charge in [-0.05, 0) is 52.9 Å². The van der Waals surface area contributed by atoms with Crippen LogP contribution >= 0.6 is 7.82 Å². The lowest BCUT2D eigenvalue weighted by atomic mass is 10.1. The van der Waals surface area contributed by atoms with Crippen molar-refractivity contribution in [1.29, 1.82) is 0 Å². The van der Waals surface area contributed by atoms with Crippen molar-refractivity contribution in [2.24, 2.45) is 0 Å². The molecule has 0 aliphatic rings. The third kappa shape index (κ3) is 34.4. The number of hydrogen-bond donors (Lipinski definition) is 0. The number of hydrogen-bond acceptors (Lipinski definition) is 6. The average Bonchev–Trinajstić information content (AvgIpc) is 2.90. The van der Waals surface area contributed by atoms with Crippen molar-refractivity contribution >= 4 is 7.82 Å². The standard InChI is InChI=1S/C35H72NO6P/c1-8-9-10-11-12-13-14-15-16-17-18-19-20-21-22-23-24-25-26-27-28-30-39-32-34(42-35(2,3)4)33-41-43(37,38)40-31-29-36(5,6)7/h19-20,34H,8-18,21-33H2,1-7H3/b20-19-/t34-/m1/s1. The van der Waals surface area contributed by atoms with Crippen molar-refractivity contribution in [2.75, 3.05) is 54.1 Å². The molecule has 0 saturated heterocycles. The molecule has 0 aromatic rings. The Morgan fingerprint density at radius 3 is 1.60 bits per heavy atom. The number of phosphoric ester groups is 1. The number of quaternary nitrogens is 1. The largest absolute Gasteiger partial charge is 0.756 e. The molecule has 0 aliphatic carbocycles. The van der Waals surface area contributed by atoms with Crippen molar-refractivity contribution in [1.82, 2.24) is 0 Å². The SMILES string of the molecule is CCCCCCCCCCCC/C=C\CCCCCCCCCOC[C@H](COP(=O)([O-])OCC[N+](C)(C)C)OC(C)(C)C. The number of likely N-dealkylation sites (N-methyl/N-ethyl adjacent to an activating group) is 1. The molecule has 0 aliphatic heterocycles. The first kappa shape index (κ1) is 42.7. The van der Waals surface area contributed by atoms with Gasteiger partial charge in [0.25, 0.3) is 7.82 Å². The summed E-state index contributed by atoms with van der Waals surface area (Å²) in [5.41, 5.74) is -0.433. The Labute approximate surface area is 267 Å². The molecule has 1 unspecified atom stereocenters. The molecule has 0 fully saturated rings. The summed E-state index contributed by atoms with van der Waals surface area (Å²) in [6.07, 6.45) is 29.4. The minimum absolute atomic E-state index is 0.0854. The molecule has 0 aromatic heterocycles. The number of allylic oxidation sites excluding steroid dienone is 2. The quantitative estimate of drug-likeness (QED) is 0.0328. The molecule has 0 spiro atoms. The molecule has 0 amide bonds. The molecular weight excluding hydrogens is 561 g/mol. The van der Waals surface area contributed by atoms with Crippen LogP contribution in [0.15, 0.2) is 12.2 Å². The van der Waals surface area contributed by atoms with Gasteiger partial charge in [0.05, 0.1) is 40.0 Å². The van der Waals surface area contributed by atoms with Crippen molar-refractivity contribution in [2.45, 2.75) is 161 Å². The summed E-state index contributed by atoms with van der Waals surface area (Å²) < 4.78 is 34.7. The van der Waals surface area contributed by atoms with Gasteiger partial charge in [-0.2, -0.15) is 0 Å². The summed E-state index contributed by atoms with van der Waals surface area (Å²) in [4.78, 5) is 12.1. The fraction of sp³-hybridized carbons (Fsp3) is 0.943. The van der Waals surface area contributed by atoms with Crippen LogP contribution in [0.25, 0.3) is 0 Å². The molecule has 0 heterocycles. The molecule has 258 valence electrons. The van der Waals surface area contributed by atoms with Gasteiger partial charge in [-0.3, -0.25) is 4.57 Å². The van der Waals surface area contributed by atoms with E-state index < -0.39 is 19.5 Å². The van der Waals surface area contributed by atoms with Crippen LogP contribution in [0.2, 0.25) is 0 Å². The normalized spacial score (nSPS) is 14.9. The van der Waals surface area contributed by atoms with E-state index in [0.717, 1.165) is 12.8 Å². The second-order valence-corrected chi connectivity index (χ2v) is 15.6. The van der Waals surface area contributed by atoms with Gasteiger partial charge in [0.15, 0.2) is 0 Å². The highest BCUT2D eigenvalue weighted by Gasteiger charge is 2.22. The van der Waals surface area contributed by atoms with Gasteiger partial charge in [0.1, 0.15) is 19.3 Å². The van der Waals surface area contributed by atoms with Crippen molar-refractivity contribution in [3.8, 4) is 0 Å². The minimum Gasteiger partial charge on any atom is -0.756 e. The van der Waals surface area contributed by atoms with Gasteiger partial charge >= 0.3 is 0 Å². The molecule has 2 atom stereocenters. The van der Waals surface area contributed by atoms with E-state index in [4.69, 9.17) is 18.5 Å². The summed E-state index contributed by atoms with van der Waals surface area (Å²) in [6, 6.07) is 0. The Morgan fingerprint density at radius 1 is 0.674 bits per heavy atom. The number of phosphoric acid groups is 1. The molecule has 0 saturated carbocycles. The van der Waals surface area contributed by atoms with Crippen LogP contribution in [0.1, 0.15) is 150 Å². The first-order valence-electron chi connectivity index (χ1n) is 17.7. The van der Waals surface area contributed by atoms with Crippen LogP contribution in [-0.4, -0.2) is 70.3 Å². The second-order valence-electron chi connectivity index (χ2n) is 14.2. The van der Waals surface area contributed by atoms with Crippen LogP contribution in [0.5, 0.6) is 0 Å². The third-order valence-electron chi connectivity index (χ3n) is 7.30. The molecule has 0 radical (unpaired) electrons. The molecule has 0 rings (SSSR count). The van der Waals surface area contributed by atoms with E-state index in [1.165, 1.54) is 109 Å². The highest BCUT2D eigenvalue weighted by atomic mass is 31.2. The maximum Gasteiger partial charge on any atom is 0.268 e. The van der Waals surface area contributed by atoms with E-state index in [1.807, 2.05) is 41.9 Å². The predicted molar refractivity (Wildman–Crippen MR) is 180 cm³/mol. The van der Waals surface area contributed by atoms with E-state index in [2.05, 4.69) is 19.1 Å². The van der Waals surface area contributed by atoms with Crippen LogP contribution in [0.4, 0.5) is 0 Å². The zero-order chi connectivity index (χ0) is 32.3. The van der Waals surface area contributed by atoms with Gasteiger partial charge in [0.2, 0.25) is 0 Å². The van der Waals surface area contributed by atoms with Gasteiger partial charge in [-0.15, -0.1) is 0 Å². The second kappa shape index (κ2) is 26.9. The molecule has 0 bridgehead atoms. The van der Waals surface area contributed by atoms with Crippen molar-refractivity contribution in [3.05, 3.63) is 12.2 Å². The van der Waals surface area contributed by atoms with Gasteiger partial charge in [0, 0.05) is 6.61 Å². The van der Waals surface area contributed by atoms with Gasteiger partial charge < -0.3 is 27.9 Å². The smallest absolute Gasteiger partial charge is 0.268 e. The Kier molecular flexibility index (Phi) is 26.7. The Balaban J connectivity index is 3.73. The summed E-state index contributed by atoms with van der Waals surface area (Å²) in [7, 11) is 1.55. The molecule has 0 N–H and O–H groups in total. The van der Waals surface area contributed by atoms with Crippen molar-refractivity contribution < 1.29 is 32.5 Å². The van der Waals surface area contributed by atoms with E-state index in [9.17, 15) is 9.46 Å². The molecule has 7 nitrogen and oxygen atoms in total. The number of rotatable bonds is 31. The monoisotopic (exact) mass is 634 g/mol. The Bertz CT molecular complexity index is 689. The summed E-state index contributed by atoms with van der Waals surface area (Å²) >= 11 is 0. The van der Waals surface area contributed by atoms with E-state index in [0.29, 0.717) is 24.2 Å². The first-order valence-corrected chi connectivity index (χ1v) is 19.1. The van der Waals surface area contributed by atoms with Crippen LogP contribution in [-0.2, 0) is 23.1 Å². The Morgan fingerprint density at radius 2 is 1.14 bits per heavy atom. The lowest BCUT2D eigenvalue weighted by Gasteiger charge is -2.31. The summed E-state index contributed by atoms with van der Waals surface area (Å²) in [5, 5.41) is 0. The van der Waals surface area contributed by atoms with E-state index in [-0.39, 0.29) is 13.2 Å². The molecular formula is C35H72NO6P. The maximum atomic E-state index is 12.1. The minimum atomic E-state index is -4.38. The first-order chi connectivity index (χ1) is 20.3. The fourth-order valence-electron chi connectivity index (χ4n) is 4.80. The average molecular weight is 634 g/mol. The number of unbranched alkanes of at least 4 members (excludes halogenated alkanes) is 17. The lowest BCUT2D eigenvalue weighted by Crippen LogP contribution is -2.38. The van der Waals surface area contributed by atoms with Crippen LogP contribution in [0, 0.1) is 0 Å². The Hall–Kier alpha value is -0.270. The topological polar surface area (TPSA) is 77.1 Å². The number of nitrogens with zero attached hydrogens (tertiary/aromatic N) is 1. The van der Waals surface area contributed by atoms with E-state index >= 15 is 0 Å². The predicted octanol–water partition coefficient (Wildman–Crippen LogP) is 9.38. The summed E-state index contributed by atoms with van der Waals surface area (Å²) in [5.74, 6) is 0. The molecule has 8 heteroatoms. The van der Waals surface area contributed by atoms with Gasteiger partial charge in [-0.1, -0.05) is 109 Å². The zero-order valence-electron chi connectivity index (χ0n) is 29.5. The van der Waals surface area contributed by atoms with Crippen LogP contribution in [0.3, 0.4) is 0 Å². The third-order valence-corrected chi connectivity index (χ3v) is 8.27. The maximum absolute atomic E-state index is 12.1. The van der Waals surface area contributed by atoms with E-state index in [1.54, 1.807) is 0 Å². The molecule has 43 heavy (non-hydrogen) atoms. The zero-order valence-corrected chi connectivity index (χ0v) is 30.4. The highest BCUT2D eigenvalue weighted by molar-refractivity contribution is 7.45. The number of ether oxygens (including phenoxy) is 2. The molecule has 0 aromatic carbocycles. The van der Waals surface area contributed by atoms with Crippen molar-refractivity contribution in [3.63, 3.8) is 0 Å². The lowest BCUT2D eigenvalue weighted by molar-refractivity contribution is -0.870. The fourth-order valence-corrected chi connectivity index (χ4v) is 5.53. The van der Waals surface area contributed by atoms with Gasteiger partial charge in [-0.25, -0.2) is 0 Å². The van der Waals surface area contributed by atoms with Crippen LogP contribution < -0.4 is 4.89 Å². The highest BCUT2D eigenvalue weighted by Crippen LogP contribution is 2.38. The summed E-state index contributed by atoms with van der Waals surface area (Å²) in [6.45, 7) is 9.56.